The van der Waals surface area contributed by atoms with Gasteiger partial charge in [-0.25, -0.2) is 9.98 Å². The number of nitrogens with one attached hydrogen (secondary N) is 1. The van der Waals surface area contributed by atoms with Crippen LogP contribution in [0.4, 0.5) is 5.69 Å². The molecule has 0 radical (unpaired) electrons. The Bertz CT molecular complexity index is 879. The van der Waals surface area contributed by atoms with Crippen LogP contribution in [0.1, 0.15) is 6.92 Å². The first-order valence-electron chi connectivity index (χ1n) is 7.13. The van der Waals surface area contributed by atoms with E-state index in [0.29, 0.717) is 17.3 Å². The zero-order chi connectivity index (χ0) is 16.4. The van der Waals surface area contributed by atoms with Crippen LogP contribution in [-0.4, -0.2) is 30.0 Å². The molecule has 3 N–H and O–H groups in total. The summed E-state index contributed by atoms with van der Waals surface area (Å²) in [6.07, 6.45) is 0. The van der Waals surface area contributed by atoms with Crippen molar-refractivity contribution in [3.8, 4) is 22.9 Å². The number of rotatable bonds is 4. The number of aromatic amines is 1. The van der Waals surface area contributed by atoms with E-state index in [1.807, 2.05) is 36.4 Å². The van der Waals surface area contributed by atoms with Gasteiger partial charge in [0.25, 0.3) is 0 Å². The van der Waals surface area contributed by atoms with Crippen LogP contribution >= 0.6 is 0 Å². The number of amidine groups is 1. The van der Waals surface area contributed by atoms with Crippen LogP contribution < -0.4 is 15.2 Å². The van der Waals surface area contributed by atoms with Crippen LogP contribution in [0.15, 0.2) is 41.4 Å². The minimum Gasteiger partial charge on any atom is -0.493 e. The van der Waals surface area contributed by atoms with Crippen molar-refractivity contribution in [2.45, 2.75) is 6.92 Å². The van der Waals surface area contributed by atoms with E-state index in [0.717, 1.165) is 28.1 Å². The number of hydrogen-bond donors (Lipinski definition) is 2. The van der Waals surface area contributed by atoms with E-state index in [1.54, 1.807) is 21.1 Å². The molecule has 0 atom stereocenters. The van der Waals surface area contributed by atoms with Gasteiger partial charge in [0, 0.05) is 5.56 Å². The van der Waals surface area contributed by atoms with Gasteiger partial charge >= 0.3 is 0 Å². The van der Waals surface area contributed by atoms with Gasteiger partial charge in [-0.3, -0.25) is 0 Å². The third-order valence-corrected chi connectivity index (χ3v) is 3.43. The van der Waals surface area contributed by atoms with Crippen LogP contribution in [0.3, 0.4) is 0 Å². The number of imidazole rings is 1. The number of hydrogen-bond acceptors (Lipinski definition) is 4. The Morgan fingerprint density at radius 3 is 2.57 bits per heavy atom. The summed E-state index contributed by atoms with van der Waals surface area (Å²) in [4.78, 5) is 12.2. The highest BCUT2D eigenvalue weighted by atomic mass is 16.5. The maximum atomic E-state index is 5.62. The second-order valence-electron chi connectivity index (χ2n) is 5.11. The Hall–Kier alpha value is -3.02. The molecule has 0 aliphatic rings. The summed E-state index contributed by atoms with van der Waals surface area (Å²) in [6, 6.07) is 11.4. The number of nitrogens with two attached hydrogens (primary N) is 1. The van der Waals surface area contributed by atoms with Gasteiger partial charge in [0.1, 0.15) is 5.82 Å². The van der Waals surface area contributed by atoms with E-state index in [-0.39, 0.29) is 0 Å². The minimum atomic E-state index is 0.518. The summed E-state index contributed by atoms with van der Waals surface area (Å²) in [5.41, 5.74) is 9.09. The Morgan fingerprint density at radius 1 is 1.09 bits per heavy atom. The Kier molecular flexibility index (Phi) is 3.89. The largest absolute Gasteiger partial charge is 0.493 e. The number of nitrogens with zero attached hydrogens (tertiary/aromatic N) is 2. The standard InChI is InChI=1S/C17H18N4O2/c1-10(18)19-12-5-6-13-14(9-12)21-17(20-13)11-4-7-15(22-2)16(8-11)23-3/h4-9H,1-3H3,(H2,18,19)(H,20,21). The molecule has 1 heterocycles. The molecule has 0 unspecified atom stereocenters. The first-order valence-corrected chi connectivity index (χ1v) is 7.13. The number of benzene rings is 2. The van der Waals surface area contributed by atoms with E-state index in [9.17, 15) is 0 Å². The molecule has 6 heteroatoms. The second-order valence-corrected chi connectivity index (χ2v) is 5.11. The molecular weight excluding hydrogens is 292 g/mol. The fraction of sp³-hybridized carbons (Fsp3) is 0.176. The quantitative estimate of drug-likeness (QED) is 0.572. The maximum Gasteiger partial charge on any atom is 0.161 e. The number of fused-ring (bicyclic) bond motifs is 1. The Balaban J connectivity index is 2.05. The highest BCUT2D eigenvalue weighted by Crippen LogP contribution is 2.32. The highest BCUT2D eigenvalue weighted by molar-refractivity contribution is 5.85. The number of aromatic nitrogens is 2. The number of aliphatic imine (C=N–C) groups is 1. The van der Waals surface area contributed by atoms with Crippen molar-refractivity contribution in [2.24, 2.45) is 10.7 Å². The average Bonchev–Trinajstić information content (AvgIpc) is 2.96. The van der Waals surface area contributed by atoms with E-state index in [2.05, 4.69) is 15.0 Å². The van der Waals surface area contributed by atoms with Crippen molar-refractivity contribution < 1.29 is 9.47 Å². The molecule has 0 fully saturated rings. The fourth-order valence-electron chi connectivity index (χ4n) is 2.39. The van der Waals surface area contributed by atoms with Crippen molar-refractivity contribution >= 4 is 22.6 Å². The zero-order valence-corrected chi connectivity index (χ0v) is 13.3. The SMILES string of the molecule is COc1ccc(-c2nc3ccc(N=C(C)N)cc3[nH]2)cc1OC. The predicted molar refractivity (Wildman–Crippen MR) is 91.6 cm³/mol. The van der Waals surface area contributed by atoms with Gasteiger partial charge in [-0.15, -0.1) is 0 Å². The van der Waals surface area contributed by atoms with Crippen LogP contribution in [0.5, 0.6) is 11.5 Å². The van der Waals surface area contributed by atoms with Gasteiger partial charge < -0.3 is 20.2 Å². The van der Waals surface area contributed by atoms with Crippen LogP contribution in [0, 0.1) is 0 Å². The topological polar surface area (TPSA) is 85.5 Å². The van der Waals surface area contributed by atoms with Gasteiger partial charge in [0.05, 0.1) is 36.8 Å². The predicted octanol–water partition coefficient (Wildman–Crippen LogP) is 3.26. The fourth-order valence-corrected chi connectivity index (χ4v) is 2.39. The second kappa shape index (κ2) is 6.00. The third kappa shape index (κ3) is 2.96. The molecule has 0 bridgehead atoms. The van der Waals surface area contributed by atoms with E-state index in [1.165, 1.54) is 0 Å². The van der Waals surface area contributed by atoms with Crippen molar-refractivity contribution in [1.29, 1.82) is 0 Å². The molecular formula is C17H18N4O2. The average molecular weight is 310 g/mol. The lowest BCUT2D eigenvalue weighted by atomic mass is 10.2. The molecule has 0 aliphatic heterocycles. The summed E-state index contributed by atoms with van der Waals surface area (Å²) >= 11 is 0. The Morgan fingerprint density at radius 2 is 1.87 bits per heavy atom. The van der Waals surface area contributed by atoms with E-state index in [4.69, 9.17) is 15.2 Å². The Labute approximate surface area is 134 Å². The third-order valence-electron chi connectivity index (χ3n) is 3.43. The van der Waals surface area contributed by atoms with E-state index < -0.39 is 0 Å². The first kappa shape index (κ1) is 14.9. The molecule has 1 aromatic heterocycles. The molecule has 6 nitrogen and oxygen atoms in total. The first-order chi connectivity index (χ1) is 11.1. The van der Waals surface area contributed by atoms with Crippen molar-refractivity contribution in [2.75, 3.05) is 14.2 Å². The van der Waals surface area contributed by atoms with Crippen LogP contribution in [-0.2, 0) is 0 Å². The maximum absolute atomic E-state index is 5.62. The lowest BCUT2D eigenvalue weighted by molar-refractivity contribution is 0.355. The summed E-state index contributed by atoms with van der Waals surface area (Å²) in [5.74, 6) is 2.62. The van der Waals surface area contributed by atoms with Gasteiger partial charge in [-0.2, -0.15) is 0 Å². The molecule has 118 valence electrons. The van der Waals surface area contributed by atoms with Gasteiger partial charge in [-0.1, -0.05) is 0 Å². The summed E-state index contributed by atoms with van der Waals surface area (Å²) in [5, 5.41) is 0. The molecule has 0 saturated heterocycles. The number of H-pyrrole nitrogens is 1. The van der Waals surface area contributed by atoms with Gasteiger partial charge in [0.15, 0.2) is 11.5 Å². The molecule has 0 saturated carbocycles. The lowest BCUT2D eigenvalue weighted by Crippen LogP contribution is -2.03. The molecule has 0 aliphatic carbocycles. The van der Waals surface area contributed by atoms with E-state index >= 15 is 0 Å². The molecule has 3 rings (SSSR count). The van der Waals surface area contributed by atoms with Crippen molar-refractivity contribution in [3.05, 3.63) is 36.4 Å². The zero-order valence-electron chi connectivity index (χ0n) is 13.3. The van der Waals surface area contributed by atoms with Gasteiger partial charge in [0.2, 0.25) is 0 Å². The van der Waals surface area contributed by atoms with Crippen LogP contribution in [0.2, 0.25) is 0 Å². The van der Waals surface area contributed by atoms with Crippen molar-refractivity contribution in [3.63, 3.8) is 0 Å². The molecule has 3 aromatic rings. The monoisotopic (exact) mass is 310 g/mol. The summed E-state index contributed by atoms with van der Waals surface area (Å²) < 4.78 is 10.6. The molecule has 2 aromatic carbocycles. The van der Waals surface area contributed by atoms with Crippen molar-refractivity contribution in [1.82, 2.24) is 9.97 Å². The normalized spacial score (nSPS) is 11.7. The van der Waals surface area contributed by atoms with Crippen LogP contribution in [0.25, 0.3) is 22.4 Å². The summed E-state index contributed by atoms with van der Waals surface area (Å²) in [7, 11) is 3.22. The number of ether oxygens (including phenoxy) is 2. The van der Waals surface area contributed by atoms with Gasteiger partial charge in [-0.05, 0) is 43.3 Å². The summed E-state index contributed by atoms with van der Waals surface area (Å²) in [6.45, 7) is 1.76. The minimum absolute atomic E-state index is 0.518. The molecule has 0 spiro atoms. The molecule has 23 heavy (non-hydrogen) atoms. The smallest absolute Gasteiger partial charge is 0.161 e. The molecule has 0 amide bonds. The highest BCUT2D eigenvalue weighted by Gasteiger charge is 2.10. The lowest BCUT2D eigenvalue weighted by Gasteiger charge is -2.08. The number of methoxy groups -OCH3 is 2.